The van der Waals surface area contributed by atoms with Crippen molar-refractivity contribution >= 4 is 17.3 Å². The van der Waals surface area contributed by atoms with Gasteiger partial charge in [-0.05, 0) is 49.4 Å². The summed E-state index contributed by atoms with van der Waals surface area (Å²) in [5.41, 5.74) is 4.24. The molecular weight excluding hydrogens is 286 g/mol. The van der Waals surface area contributed by atoms with Crippen molar-refractivity contribution in [2.24, 2.45) is 0 Å². The number of pyridine rings is 1. The zero-order valence-electron chi connectivity index (χ0n) is 13.2. The van der Waals surface area contributed by atoms with Crippen molar-refractivity contribution in [3.05, 3.63) is 53.9 Å². The second-order valence-electron chi connectivity index (χ2n) is 6.28. The maximum absolute atomic E-state index is 12.7. The lowest BCUT2D eigenvalue weighted by molar-refractivity contribution is 0.0718. The number of rotatable bonds is 2. The average Bonchev–Trinajstić information content (AvgIpc) is 3.06. The number of anilines is 2. The maximum atomic E-state index is 12.7. The molecule has 1 saturated heterocycles. The Bertz CT molecular complexity index is 722. The fourth-order valence-corrected chi connectivity index (χ4v) is 3.57. The molecule has 1 amide bonds. The number of piperidine rings is 1. The molecule has 0 bridgehead atoms. The third kappa shape index (κ3) is 2.69. The fraction of sp³-hybridized carbons (Fsp3) is 0.368. The van der Waals surface area contributed by atoms with Crippen LogP contribution in [0.2, 0.25) is 0 Å². The number of amides is 1. The van der Waals surface area contributed by atoms with Crippen LogP contribution in [0.15, 0.2) is 42.6 Å². The van der Waals surface area contributed by atoms with Crippen LogP contribution in [-0.2, 0) is 6.42 Å². The van der Waals surface area contributed by atoms with Gasteiger partial charge in [-0.2, -0.15) is 0 Å². The maximum Gasteiger partial charge on any atom is 0.272 e. The van der Waals surface area contributed by atoms with Gasteiger partial charge >= 0.3 is 0 Å². The molecule has 4 heteroatoms. The van der Waals surface area contributed by atoms with E-state index in [1.54, 1.807) is 6.20 Å². The second kappa shape index (κ2) is 6.03. The SMILES string of the molecule is O=C(c1cc(N2CCc3ccccc32)ccn1)N1CCCCC1. The number of hydrogen-bond acceptors (Lipinski definition) is 3. The molecule has 0 radical (unpaired) electrons. The Morgan fingerprint density at radius 1 is 1.00 bits per heavy atom. The summed E-state index contributed by atoms with van der Waals surface area (Å²) in [6.07, 6.45) is 6.24. The van der Waals surface area contributed by atoms with Gasteiger partial charge in [0.15, 0.2) is 0 Å². The number of likely N-dealkylation sites (tertiary alicyclic amines) is 1. The number of aromatic nitrogens is 1. The zero-order valence-corrected chi connectivity index (χ0v) is 13.2. The highest BCUT2D eigenvalue weighted by Crippen LogP contribution is 2.34. The second-order valence-corrected chi connectivity index (χ2v) is 6.28. The number of benzene rings is 1. The van der Waals surface area contributed by atoms with Gasteiger partial charge in [-0.15, -0.1) is 0 Å². The molecule has 2 aliphatic rings. The lowest BCUT2D eigenvalue weighted by Crippen LogP contribution is -2.36. The molecular formula is C19H21N3O. The molecule has 0 spiro atoms. The first kappa shape index (κ1) is 14.2. The molecule has 2 aromatic rings. The van der Waals surface area contributed by atoms with E-state index < -0.39 is 0 Å². The minimum absolute atomic E-state index is 0.0685. The van der Waals surface area contributed by atoms with E-state index in [4.69, 9.17) is 0 Å². The number of fused-ring (bicyclic) bond motifs is 1. The van der Waals surface area contributed by atoms with Gasteiger partial charge < -0.3 is 9.80 Å². The van der Waals surface area contributed by atoms with Gasteiger partial charge in [0.05, 0.1) is 0 Å². The van der Waals surface area contributed by atoms with Gasteiger partial charge in [-0.25, -0.2) is 0 Å². The molecule has 1 aromatic heterocycles. The summed E-state index contributed by atoms with van der Waals surface area (Å²) in [5.74, 6) is 0.0685. The van der Waals surface area contributed by atoms with Crippen LogP contribution >= 0.6 is 0 Å². The highest BCUT2D eigenvalue weighted by molar-refractivity contribution is 5.93. The summed E-state index contributed by atoms with van der Waals surface area (Å²) >= 11 is 0. The molecule has 0 unspecified atom stereocenters. The first-order valence-electron chi connectivity index (χ1n) is 8.44. The zero-order chi connectivity index (χ0) is 15.6. The molecule has 1 fully saturated rings. The Morgan fingerprint density at radius 2 is 1.83 bits per heavy atom. The van der Waals surface area contributed by atoms with Crippen molar-refractivity contribution in [3.63, 3.8) is 0 Å². The highest BCUT2D eigenvalue weighted by atomic mass is 16.2. The van der Waals surface area contributed by atoms with Gasteiger partial charge in [0.25, 0.3) is 5.91 Å². The molecule has 1 aromatic carbocycles. The number of carbonyl (C=O) groups excluding carboxylic acids is 1. The van der Waals surface area contributed by atoms with Crippen LogP contribution in [0.25, 0.3) is 0 Å². The van der Waals surface area contributed by atoms with Crippen LogP contribution in [0.5, 0.6) is 0 Å². The van der Waals surface area contributed by atoms with E-state index in [1.807, 2.05) is 17.0 Å². The summed E-state index contributed by atoms with van der Waals surface area (Å²) in [5, 5.41) is 0. The van der Waals surface area contributed by atoms with E-state index >= 15 is 0 Å². The monoisotopic (exact) mass is 307 g/mol. The van der Waals surface area contributed by atoms with Crippen molar-refractivity contribution < 1.29 is 4.79 Å². The van der Waals surface area contributed by atoms with Crippen LogP contribution in [0.4, 0.5) is 11.4 Å². The molecule has 2 aliphatic heterocycles. The summed E-state index contributed by atoms with van der Waals surface area (Å²) in [4.78, 5) is 21.2. The first-order valence-corrected chi connectivity index (χ1v) is 8.44. The van der Waals surface area contributed by atoms with Crippen LogP contribution in [0.1, 0.15) is 35.3 Å². The predicted molar refractivity (Wildman–Crippen MR) is 91.1 cm³/mol. The minimum atomic E-state index is 0.0685. The average molecular weight is 307 g/mol. The predicted octanol–water partition coefficient (Wildman–Crippen LogP) is 3.40. The first-order chi connectivity index (χ1) is 11.3. The van der Waals surface area contributed by atoms with E-state index in [0.717, 1.165) is 44.6 Å². The van der Waals surface area contributed by atoms with E-state index in [9.17, 15) is 4.79 Å². The Morgan fingerprint density at radius 3 is 2.70 bits per heavy atom. The molecule has 0 aliphatic carbocycles. The highest BCUT2D eigenvalue weighted by Gasteiger charge is 2.23. The molecule has 4 rings (SSSR count). The van der Waals surface area contributed by atoms with E-state index in [-0.39, 0.29) is 5.91 Å². The van der Waals surface area contributed by atoms with Gasteiger partial charge in [0.1, 0.15) is 5.69 Å². The topological polar surface area (TPSA) is 36.4 Å². The van der Waals surface area contributed by atoms with Crippen molar-refractivity contribution in [1.82, 2.24) is 9.88 Å². The molecule has 0 N–H and O–H groups in total. The number of hydrogen-bond donors (Lipinski definition) is 0. The quantitative estimate of drug-likeness (QED) is 0.853. The molecule has 3 heterocycles. The largest absolute Gasteiger partial charge is 0.341 e. The van der Waals surface area contributed by atoms with Gasteiger partial charge in [0, 0.05) is 37.2 Å². The van der Waals surface area contributed by atoms with E-state index in [0.29, 0.717) is 5.69 Å². The molecule has 118 valence electrons. The Balaban J connectivity index is 1.61. The van der Waals surface area contributed by atoms with Crippen LogP contribution in [-0.4, -0.2) is 35.4 Å². The van der Waals surface area contributed by atoms with Crippen LogP contribution in [0, 0.1) is 0 Å². The van der Waals surface area contributed by atoms with Crippen molar-refractivity contribution in [2.75, 3.05) is 24.5 Å². The summed E-state index contributed by atoms with van der Waals surface area (Å²) < 4.78 is 0. The third-order valence-corrected chi connectivity index (χ3v) is 4.80. The van der Waals surface area contributed by atoms with Crippen LogP contribution in [0.3, 0.4) is 0 Å². The van der Waals surface area contributed by atoms with E-state index in [2.05, 4.69) is 34.1 Å². The van der Waals surface area contributed by atoms with Gasteiger partial charge in [-0.3, -0.25) is 9.78 Å². The van der Waals surface area contributed by atoms with Gasteiger partial charge in [-0.1, -0.05) is 18.2 Å². The minimum Gasteiger partial charge on any atom is -0.341 e. The Hall–Kier alpha value is -2.36. The Labute approximate surface area is 136 Å². The normalized spacial score (nSPS) is 17.2. The molecule has 0 saturated carbocycles. The smallest absolute Gasteiger partial charge is 0.272 e. The van der Waals surface area contributed by atoms with Crippen molar-refractivity contribution in [2.45, 2.75) is 25.7 Å². The fourth-order valence-electron chi connectivity index (χ4n) is 3.57. The van der Waals surface area contributed by atoms with Crippen molar-refractivity contribution in [1.29, 1.82) is 0 Å². The number of para-hydroxylation sites is 1. The summed E-state index contributed by atoms with van der Waals surface area (Å²) in [7, 11) is 0. The Kier molecular flexibility index (Phi) is 3.74. The van der Waals surface area contributed by atoms with E-state index in [1.165, 1.54) is 17.7 Å². The lowest BCUT2D eigenvalue weighted by Gasteiger charge is -2.27. The summed E-state index contributed by atoms with van der Waals surface area (Å²) in [6.45, 7) is 2.68. The molecule has 4 nitrogen and oxygen atoms in total. The summed E-state index contributed by atoms with van der Waals surface area (Å²) in [6, 6.07) is 12.4. The lowest BCUT2D eigenvalue weighted by atomic mass is 10.1. The number of carbonyl (C=O) groups is 1. The third-order valence-electron chi connectivity index (χ3n) is 4.80. The number of nitrogens with zero attached hydrogens (tertiary/aromatic N) is 3. The molecule has 23 heavy (non-hydrogen) atoms. The van der Waals surface area contributed by atoms with Crippen molar-refractivity contribution in [3.8, 4) is 0 Å². The standard InChI is InChI=1S/C19H21N3O/c23-19(21-11-4-1-5-12-21)17-14-16(8-10-20-17)22-13-9-15-6-2-3-7-18(15)22/h2-3,6-8,10,14H,1,4-5,9,11-13H2. The van der Waals surface area contributed by atoms with Crippen LogP contribution < -0.4 is 4.90 Å². The van der Waals surface area contributed by atoms with Gasteiger partial charge in [0.2, 0.25) is 0 Å². The molecule has 0 atom stereocenters.